The van der Waals surface area contributed by atoms with E-state index in [9.17, 15) is 0 Å². The van der Waals surface area contributed by atoms with E-state index < -0.39 is 0 Å². The first-order chi connectivity index (χ1) is 9.93. The summed E-state index contributed by atoms with van der Waals surface area (Å²) in [5, 5.41) is 7.51. The highest BCUT2D eigenvalue weighted by Gasteiger charge is 2.32. The summed E-state index contributed by atoms with van der Waals surface area (Å²) in [5.41, 5.74) is 1.10. The molecule has 110 valence electrons. The van der Waals surface area contributed by atoms with E-state index in [0.29, 0.717) is 6.04 Å². The Bertz CT molecular complexity index is 389. The van der Waals surface area contributed by atoms with E-state index in [4.69, 9.17) is 0 Å². The summed E-state index contributed by atoms with van der Waals surface area (Å²) >= 11 is 0. The largest absolute Gasteiger partial charge is 0.314 e. The summed E-state index contributed by atoms with van der Waals surface area (Å²) in [4.78, 5) is 8.29. The maximum absolute atomic E-state index is 4.31. The Morgan fingerprint density at radius 1 is 1.15 bits per heavy atom. The average Bonchev–Trinajstić information content (AvgIpc) is 2.55. The Hall–Kier alpha value is -1.00. The lowest BCUT2D eigenvalue weighted by Crippen LogP contribution is -2.50. The van der Waals surface area contributed by atoms with Gasteiger partial charge in [0, 0.05) is 24.8 Å². The molecule has 20 heavy (non-hydrogen) atoms. The van der Waals surface area contributed by atoms with Crippen molar-refractivity contribution in [3.63, 3.8) is 0 Å². The van der Waals surface area contributed by atoms with Crippen LogP contribution in [-0.2, 0) is 6.54 Å². The minimum atomic E-state index is 0.648. The molecule has 2 heterocycles. The first-order valence-corrected chi connectivity index (χ1v) is 8.15. The monoisotopic (exact) mass is 274 g/mol. The Labute approximate surface area is 121 Å². The second-order valence-electron chi connectivity index (χ2n) is 6.19. The van der Waals surface area contributed by atoms with Crippen LogP contribution in [0.25, 0.3) is 0 Å². The quantitative estimate of drug-likeness (QED) is 0.884. The molecule has 1 aromatic heterocycles. The van der Waals surface area contributed by atoms with Crippen LogP contribution in [-0.4, -0.2) is 28.6 Å². The zero-order valence-electron chi connectivity index (χ0n) is 12.2. The number of hydrogen-bond donors (Lipinski definition) is 2. The van der Waals surface area contributed by atoms with E-state index in [-0.39, 0.29) is 0 Å². The molecule has 1 aliphatic heterocycles. The van der Waals surface area contributed by atoms with E-state index in [1.165, 1.54) is 51.5 Å². The van der Waals surface area contributed by atoms with Gasteiger partial charge in [0.2, 0.25) is 0 Å². The highest BCUT2D eigenvalue weighted by atomic mass is 15.0. The summed E-state index contributed by atoms with van der Waals surface area (Å²) in [7, 11) is 0. The van der Waals surface area contributed by atoms with Gasteiger partial charge in [-0.05, 0) is 44.2 Å². The van der Waals surface area contributed by atoms with Crippen LogP contribution >= 0.6 is 0 Å². The molecule has 2 N–H and O–H groups in total. The predicted molar refractivity (Wildman–Crippen MR) is 80.3 cm³/mol. The van der Waals surface area contributed by atoms with Gasteiger partial charge in [0.05, 0.1) is 5.69 Å². The smallest absolute Gasteiger partial charge is 0.115 e. The SMILES string of the molecule is c1cc(CNC2CCCCC2C2CCCCN2)ncn1. The first-order valence-electron chi connectivity index (χ1n) is 8.15. The van der Waals surface area contributed by atoms with Crippen LogP contribution in [0.2, 0.25) is 0 Å². The zero-order valence-corrected chi connectivity index (χ0v) is 12.2. The van der Waals surface area contributed by atoms with E-state index in [0.717, 1.165) is 24.2 Å². The van der Waals surface area contributed by atoms with E-state index >= 15 is 0 Å². The minimum absolute atomic E-state index is 0.648. The zero-order chi connectivity index (χ0) is 13.6. The molecule has 1 aromatic rings. The molecule has 0 radical (unpaired) electrons. The molecule has 1 aliphatic carbocycles. The van der Waals surface area contributed by atoms with Crippen molar-refractivity contribution in [1.29, 1.82) is 0 Å². The molecule has 4 heteroatoms. The van der Waals surface area contributed by atoms with Crippen LogP contribution in [0.15, 0.2) is 18.6 Å². The van der Waals surface area contributed by atoms with Crippen LogP contribution in [0.5, 0.6) is 0 Å². The summed E-state index contributed by atoms with van der Waals surface area (Å²) in [6.07, 6.45) is 13.0. The van der Waals surface area contributed by atoms with Crippen molar-refractivity contribution in [2.24, 2.45) is 5.92 Å². The second kappa shape index (κ2) is 7.14. The normalized spacial score (nSPS) is 31.1. The summed E-state index contributed by atoms with van der Waals surface area (Å²) in [6.45, 7) is 2.08. The van der Waals surface area contributed by atoms with Gasteiger partial charge in [-0.1, -0.05) is 19.3 Å². The number of rotatable bonds is 4. The number of hydrogen-bond acceptors (Lipinski definition) is 4. The topological polar surface area (TPSA) is 49.8 Å². The van der Waals surface area contributed by atoms with Crippen LogP contribution in [0.3, 0.4) is 0 Å². The minimum Gasteiger partial charge on any atom is -0.314 e. The van der Waals surface area contributed by atoms with Gasteiger partial charge < -0.3 is 10.6 Å². The molecule has 1 saturated heterocycles. The maximum Gasteiger partial charge on any atom is 0.115 e. The van der Waals surface area contributed by atoms with Gasteiger partial charge in [0.15, 0.2) is 0 Å². The molecular formula is C16H26N4. The number of piperidine rings is 1. The molecule has 0 aromatic carbocycles. The third-order valence-electron chi connectivity index (χ3n) is 4.87. The molecule has 2 fully saturated rings. The van der Waals surface area contributed by atoms with Crippen molar-refractivity contribution in [3.05, 3.63) is 24.3 Å². The van der Waals surface area contributed by atoms with E-state index in [1.54, 1.807) is 6.33 Å². The molecule has 2 aliphatic rings. The second-order valence-corrected chi connectivity index (χ2v) is 6.19. The van der Waals surface area contributed by atoms with Gasteiger partial charge in [-0.3, -0.25) is 0 Å². The molecule has 0 amide bonds. The van der Waals surface area contributed by atoms with Crippen LogP contribution < -0.4 is 10.6 Å². The third kappa shape index (κ3) is 3.55. The summed E-state index contributed by atoms with van der Waals surface area (Å²) in [5.74, 6) is 0.797. The van der Waals surface area contributed by atoms with Crippen molar-refractivity contribution < 1.29 is 0 Å². The fourth-order valence-electron chi connectivity index (χ4n) is 3.80. The number of aromatic nitrogens is 2. The third-order valence-corrected chi connectivity index (χ3v) is 4.87. The highest BCUT2D eigenvalue weighted by molar-refractivity contribution is 4.99. The molecule has 0 bridgehead atoms. The fraction of sp³-hybridized carbons (Fsp3) is 0.750. The van der Waals surface area contributed by atoms with Crippen molar-refractivity contribution in [2.45, 2.75) is 63.6 Å². The molecule has 3 unspecified atom stereocenters. The van der Waals surface area contributed by atoms with Crippen molar-refractivity contribution in [2.75, 3.05) is 6.54 Å². The van der Waals surface area contributed by atoms with E-state index in [2.05, 4.69) is 20.6 Å². The number of nitrogens with one attached hydrogen (secondary N) is 2. The Morgan fingerprint density at radius 3 is 2.85 bits per heavy atom. The van der Waals surface area contributed by atoms with Gasteiger partial charge in [0.1, 0.15) is 6.33 Å². The van der Waals surface area contributed by atoms with Gasteiger partial charge in [0.25, 0.3) is 0 Å². The number of nitrogens with zero attached hydrogens (tertiary/aromatic N) is 2. The average molecular weight is 274 g/mol. The fourth-order valence-corrected chi connectivity index (χ4v) is 3.80. The van der Waals surface area contributed by atoms with Gasteiger partial charge in [-0.25, -0.2) is 9.97 Å². The van der Waals surface area contributed by atoms with Crippen LogP contribution in [0.1, 0.15) is 50.6 Å². The van der Waals surface area contributed by atoms with Crippen LogP contribution in [0.4, 0.5) is 0 Å². The molecule has 4 nitrogen and oxygen atoms in total. The molecule has 1 saturated carbocycles. The molecular weight excluding hydrogens is 248 g/mol. The van der Waals surface area contributed by atoms with Crippen molar-refractivity contribution in [3.8, 4) is 0 Å². The van der Waals surface area contributed by atoms with Crippen LogP contribution in [0, 0.1) is 5.92 Å². The maximum atomic E-state index is 4.31. The standard InChI is InChI=1S/C16H26N4/c1-2-6-16(19-11-13-8-10-17-12-20-13)14(5-1)15-7-3-4-9-18-15/h8,10,12,14-16,18-19H,1-7,9,11H2. The molecule has 3 atom stereocenters. The van der Waals surface area contributed by atoms with Gasteiger partial charge >= 0.3 is 0 Å². The lowest BCUT2D eigenvalue weighted by atomic mass is 9.77. The predicted octanol–water partition coefficient (Wildman–Crippen LogP) is 2.27. The van der Waals surface area contributed by atoms with Gasteiger partial charge in [-0.2, -0.15) is 0 Å². The summed E-state index contributed by atoms with van der Waals surface area (Å²) in [6, 6.07) is 3.38. The lowest BCUT2D eigenvalue weighted by Gasteiger charge is -2.40. The molecule has 0 spiro atoms. The van der Waals surface area contributed by atoms with Crippen molar-refractivity contribution in [1.82, 2.24) is 20.6 Å². The first kappa shape index (κ1) is 14.0. The summed E-state index contributed by atoms with van der Waals surface area (Å²) < 4.78 is 0. The molecule has 3 rings (SSSR count). The Kier molecular flexibility index (Phi) is 4.98. The highest BCUT2D eigenvalue weighted by Crippen LogP contribution is 2.30. The van der Waals surface area contributed by atoms with Crippen molar-refractivity contribution >= 4 is 0 Å². The Balaban J connectivity index is 1.57. The van der Waals surface area contributed by atoms with E-state index in [1.807, 2.05) is 12.3 Å². The lowest BCUT2D eigenvalue weighted by molar-refractivity contribution is 0.181. The Morgan fingerprint density at radius 2 is 2.05 bits per heavy atom. The van der Waals surface area contributed by atoms with Gasteiger partial charge in [-0.15, -0.1) is 0 Å².